The Kier molecular flexibility index (Phi) is 7.06. The lowest BCUT2D eigenvalue weighted by atomic mass is 9.84. The number of rotatable bonds is 7. The van der Waals surface area contributed by atoms with E-state index in [1.54, 1.807) is 0 Å². The lowest BCUT2D eigenvalue weighted by Gasteiger charge is -2.42. The first-order chi connectivity index (χ1) is 15.3. The molecule has 178 valence electrons. The maximum atomic E-state index is 13.4. The Bertz CT molecular complexity index is 860. The highest BCUT2D eigenvalue weighted by molar-refractivity contribution is 7.81. The van der Waals surface area contributed by atoms with Gasteiger partial charge < -0.3 is 14.6 Å². The van der Waals surface area contributed by atoms with Gasteiger partial charge in [-0.05, 0) is 57.3 Å². The minimum Gasteiger partial charge on any atom is -0.755 e. The van der Waals surface area contributed by atoms with E-state index in [-0.39, 0.29) is 41.1 Å². The maximum absolute atomic E-state index is 13.4. The third-order valence-electron chi connectivity index (χ3n) is 7.15. The van der Waals surface area contributed by atoms with Gasteiger partial charge in [-0.25, -0.2) is 14.6 Å². The van der Waals surface area contributed by atoms with Crippen LogP contribution >= 0.6 is 11.3 Å². The summed E-state index contributed by atoms with van der Waals surface area (Å²) in [4.78, 5) is 31.2. The van der Waals surface area contributed by atoms with Gasteiger partial charge in [0.15, 0.2) is 10.7 Å². The third kappa shape index (κ3) is 4.79. The summed E-state index contributed by atoms with van der Waals surface area (Å²) in [5.41, 5.74) is -1.44. The van der Waals surface area contributed by atoms with Crippen LogP contribution in [0.15, 0.2) is 6.20 Å². The van der Waals surface area contributed by atoms with Crippen molar-refractivity contribution >= 4 is 44.7 Å². The summed E-state index contributed by atoms with van der Waals surface area (Å²) in [6.07, 6.45) is 11.5. The van der Waals surface area contributed by atoms with Gasteiger partial charge in [0.2, 0.25) is 0 Å². The first-order valence-corrected chi connectivity index (χ1v) is 13.3. The van der Waals surface area contributed by atoms with Crippen molar-refractivity contribution in [2.24, 2.45) is 5.92 Å². The molecular formula is C21H31N4O5S2-. The second-order valence-corrected chi connectivity index (χ2v) is 11.2. The second-order valence-electron chi connectivity index (χ2n) is 9.39. The number of nitrogens with zero attached hydrogens (tertiary/aromatic N) is 3. The Balaban J connectivity index is 1.50. The number of amides is 2. The molecule has 1 atom stereocenters. The van der Waals surface area contributed by atoms with Crippen LogP contribution in [0.4, 0.5) is 14.9 Å². The summed E-state index contributed by atoms with van der Waals surface area (Å²) in [7, 11) is 0. The standard InChI is InChI=1S/C21H32N4O5S2/c1-14-7-9-16(10-8-14)24(15-5-3-2-4-6-15)20(28)23-19-22-13-17(31-19)25(32(29)30)21(11-12-21)18(26)27/h13-16H,2-12H2,1H3,(H,26,27)(H,29,30)(H,22,23,28)/p-1. The van der Waals surface area contributed by atoms with Crippen molar-refractivity contribution in [2.45, 2.75) is 95.2 Å². The number of hydrogen-bond donors (Lipinski definition) is 2. The average molecular weight is 484 g/mol. The summed E-state index contributed by atoms with van der Waals surface area (Å²) in [5, 5.41) is 12.9. The van der Waals surface area contributed by atoms with E-state index in [9.17, 15) is 23.5 Å². The Hall–Kier alpha value is -1.72. The fourth-order valence-corrected chi connectivity index (χ4v) is 6.97. The van der Waals surface area contributed by atoms with Crippen LogP contribution in [0.2, 0.25) is 0 Å². The van der Waals surface area contributed by atoms with Gasteiger partial charge in [-0.15, -0.1) is 0 Å². The third-order valence-corrected chi connectivity index (χ3v) is 9.01. The maximum Gasteiger partial charge on any atom is 0.330 e. The minimum absolute atomic E-state index is 0.188. The van der Waals surface area contributed by atoms with Crippen LogP contribution in [0.3, 0.4) is 0 Å². The van der Waals surface area contributed by atoms with Crippen molar-refractivity contribution in [3.63, 3.8) is 0 Å². The van der Waals surface area contributed by atoms with Crippen molar-refractivity contribution in [3.8, 4) is 0 Å². The van der Waals surface area contributed by atoms with Crippen LogP contribution in [0, 0.1) is 5.92 Å². The number of carbonyl (C=O) groups excluding carboxylic acids is 1. The molecule has 0 spiro atoms. The molecule has 1 unspecified atom stereocenters. The molecule has 1 aromatic heterocycles. The number of thiazole rings is 1. The normalized spacial score (nSPS) is 26.2. The number of carboxylic acid groups (broad SMARTS) is 1. The molecule has 0 aliphatic heterocycles. The molecule has 3 saturated carbocycles. The lowest BCUT2D eigenvalue weighted by Crippen LogP contribution is -2.51. The predicted molar refractivity (Wildman–Crippen MR) is 122 cm³/mol. The molecule has 2 N–H and O–H groups in total. The van der Waals surface area contributed by atoms with Gasteiger partial charge in [0.25, 0.3) is 0 Å². The topological polar surface area (TPSA) is 126 Å². The molecule has 2 amide bonds. The minimum atomic E-state index is -2.75. The van der Waals surface area contributed by atoms with Gasteiger partial charge >= 0.3 is 12.0 Å². The Labute approximate surface area is 195 Å². The van der Waals surface area contributed by atoms with Gasteiger partial charge in [0, 0.05) is 23.4 Å². The summed E-state index contributed by atoms with van der Waals surface area (Å²) in [6, 6.07) is 0.238. The number of aromatic nitrogens is 1. The van der Waals surface area contributed by atoms with Crippen LogP contribution in [0.1, 0.15) is 77.6 Å². The molecule has 0 bridgehead atoms. The molecule has 3 aliphatic rings. The molecule has 32 heavy (non-hydrogen) atoms. The van der Waals surface area contributed by atoms with E-state index in [2.05, 4.69) is 17.2 Å². The summed E-state index contributed by atoms with van der Waals surface area (Å²) in [6.45, 7) is 2.26. The molecule has 1 heterocycles. The van der Waals surface area contributed by atoms with E-state index in [4.69, 9.17) is 0 Å². The fourth-order valence-electron chi connectivity index (χ4n) is 5.13. The Morgan fingerprint density at radius 1 is 1.16 bits per heavy atom. The number of urea groups is 1. The largest absolute Gasteiger partial charge is 0.755 e. The molecule has 4 rings (SSSR count). The van der Waals surface area contributed by atoms with E-state index < -0.39 is 22.8 Å². The molecule has 0 saturated heterocycles. The zero-order valence-electron chi connectivity index (χ0n) is 18.3. The van der Waals surface area contributed by atoms with Gasteiger partial charge in [0.05, 0.1) is 6.20 Å². The van der Waals surface area contributed by atoms with E-state index in [1.807, 2.05) is 4.90 Å². The van der Waals surface area contributed by atoms with Crippen molar-refractivity contribution in [3.05, 3.63) is 6.20 Å². The first-order valence-electron chi connectivity index (χ1n) is 11.5. The number of aliphatic carboxylic acids is 1. The number of nitrogens with one attached hydrogen (secondary N) is 1. The first kappa shape index (κ1) is 23.4. The van der Waals surface area contributed by atoms with Crippen LogP contribution in [-0.2, 0) is 16.1 Å². The quantitative estimate of drug-likeness (QED) is 0.562. The van der Waals surface area contributed by atoms with Gasteiger partial charge in [-0.1, -0.05) is 37.5 Å². The van der Waals surface area contributed by atoms with Crippen LogP contribution in [-0.4, -0.2) is 53.4 Å². The highest BCUT2D eigenvalue weighted by atomic mass is 32.2. The monoisotopic (exact) mass is 483 g/mol. The van der Waals surface area contributed by atoms with Crippen molar-refractivity contribution in [1.82, 2.24) is 9.88 Å². The smallest absolute Gasteiger partial charge is 0.330 e. The number of carboxylic acids is 1. The molecule has 3 fully saturated rings. The predicted octanol–water partition coefficient (Wildman–Crippen LogP) is 4.11. The SMILES string of the molecule is CC1CCC(N(C(=O)Nc2ncc(N(S(=O)[O-])C3(C(=O)O)CC3)s2)C2CCCCC2)CC1. The average Bonchev–Trinajstić information content (AvgIpc) is 3.44. The molecule has 0 radical (unpaired) electrons. The van der Waals surface area contributed by atoms with E-state index in [0.29, 0.717) is 5.92 Å². The zero-order valence-corrected chi connectivity index (χ0v) is 20.0. The van der Waals surface area contributed by atoms with Gasteiger partial charge in [0.1, 0.15) is 5.00 Å². The van der Waals surface area contributed by atoms with Crippen molar-refractivity contribution in [2.75, 3.05) is 9.62 Å². The number of anilines is 2. The number of hydrogen-bond acceptors (Lipinski definition) is 6. The van der Waals surface area contributed by atoms with E-state index in [0.717, 1.165) is 67.0 Å². The highest BCUT2D eigenvalue weighted by Gasteiger charge is 2.57. The second kappa shape index (κ2) is 9.64. The van der Waals surface area contributed by atoms with Gasteiger partial charge in [-0.3, -0.25) is 13.8 Å². The molecule has 9 nitrogen and oxygen atoms in total. The molecule has 3 aliphatic carbocycles. The highest BCUT2D eigenvalue weighted by Crippen LogP contribution is 2.47. The Morgan fingerprint density at radius 3 is 2.34 bits per heavy atom. The number of carbonyl (C=O) groups is 2. The van der Waals surface area contributed by atoms with Crippen LogP contribution in [0.25, 0.3) is 0 Å². The summed E-state index contributed by atoms with van der Waals surface area (Å²) < 4.78 is 24.5. The molecule has 1 aromatic rings. The van der Waals surface area contributed by atoms with Crippen LogP contribution in [0.5, 0.6) is 0 Å². The van der Waals surface area contributed by atoms with Crippen molar-refractivity contribution in [1.29, 1.82) is 0 Å². The molecule has 0 aromatic carbocycles. The summed E-state index contributed by atoms with van der Waals surface area (Å²) >= 11 is -1.76. The van der Waals surface area contributed by atoms with Gasteiger partial charge in [-0.2, -0.15) is 0 Å². The van der Waals surface area contributed by atoms with E-state index in [1.165, 1.54) is 12.6 Å². The zero-order chi connectivity index (χ0) is 22.9. The van der Waals surface area contributed by atoms with Crippen LogP contribution < -0.4 is 9.62 Å². The summed E-state index contributed by atoms with van der Waals surface area (Å²) in [5.74, 6) is -0.484. The lowest BCUT2D eigenvalue weighted by molar-refractivity contribution is -0.139. The Morgan fingerprint density at radius 2 is 1.78 bits per heavy atom. The molecular weight excluding hydrogens is 452 g/mol. The molecule has 11 heteroatoms. The van der Waals surface area contributed by atoms with Crippen molar-refractivity contribution < 1.29 is 23.5 Å². The fraction of sp³-hybridized carbons (Fsp3) is 0.762. The van der Waals surface area contributed by atoms with E-state index >= 15 is 0 Å².